The van der Waals surface area contributed by atoms with Gasteiger partial charge in [0.25, 0.3) is 0 Å². The molecule has 0 aromatic heterocycles. The van der Waals surface area contributed by atoms with Crippen LogP contribution in [0.3, 0.4) is 0 Å². The molecule has 65 heavy (non-hydrogen) atoms. The predicted molar refractivity (Wildman–Crippen MR) is 243 cm³/mol. The number of aliphatic hydroxyl groups excluding tert-OH is 2. The van der Waals surface area contributed by atoms with E-state index in [0.717, 1.165) is 33.4 Å². The molecule has 0 radical (unpaired) electrons. The van der Waals surface area contributed by atoms with E-state index in [1.165, 1.54) is 0 Å². The van der Waals surface area contributed by atoms with Gasteiger partial charge in [0.2, 0.25) is 0 Å². The molecule has 2 aliphatic heterocycles. The average Bonchev–Trinajstić information content (AvgIpc) is 3.36. The fourth-order valence-corrected chi connectivity index (χ4v) is 8.12. The Balaban J connectivity index is 1.16. The van der Waals surface area contributed by atoms with E-state index in [9.17, 15) is 10.2 Å². The van der Waals surface area contributed by atoms with Crippen LogP contribution in [0.5, 0.6) is 0 Å². The molecule has 2 aliphatic rings. The molecule has 0 aliphatic carbocycles. The molecule has 0 unspecified atom stereocenters. The molecule has 8 rings (SSSR count). The molecule has 10 atom stereocenters. The Labute approximate surface area is 381 Å². The first-order chi connectivity index (χ1) is 32.1. The van der Waals surface area contributed by atoms with E-state index in [2.05, 4.69) is 0 Å². The molecule has 0 bridgehead atoms. The van der Waals surface area contributed by atoms with Crippen molar-refractivity contribution in [3.63, 3.8) is 0 Å². The van der Waals surface area contributed by atoms with Crippen LogP contribution >= 0.6 is 0 Å². The summed E-state index contributed by atoms with van der Waals surface area (Å²) in [5, 5.41) is 22.5. The van der Waals surface area contributed by atoms with Gasteiger partial charge in [-0.15, -0.1) is 0 Å². The normalized spacial score (nSPS) is 25.6. The molecular formula is C54H58O11. The average molecular weight is 883 g/mol. The van der Waals surface area contributed by atoms with E-state index in [0.29, 0.717) is 6.61 Å². The van der Waals surface area contributed by atoms with E-state index in [-0.39, 0.29) is 39.6 Å². The Morgan fingerprint density at radius 2 is 0.692 bits per heavy atom. The summed E-state index contributed by atoms with van der Waals surface area (Å²) in [6.45, 7) is 0.970. The second-order valence-electron chi connectivity index (χ2n) is 16.2. The second kappa shape index (κ2) is 24.4. The van der Waals surface area contributed by atoms with Gasteiger partial charge in [0.05, 0.1) is 52.9 Å². The van der Waals surface area contributed by atoms with Gasteiger partial charge in [-0.2, -0.15) is 0 Å². The van der Waals surface area contributed by atoms with Crippen molar-refractivity contribution in [3.8, 4) is 0 Å². The van der Waals surface area contributed by atoms with Gasteiger partial charge in [-0.25, -0.2) is 0 Å². The maximum absolute atomic E-state index is 11.5. The summed E-state index contributed by atoms with van der Waals surface area (Å²) in [4.78, 5) is 0. The molecule has 11 heteroatoms. The highest BCUT2D eigenvalue weighted by Gasteiger charge is 2.54. The summed E-state index contributed by atoms with van der Waals surface area (Å²) in [5.41, 5.74) is 5.66. The Kier molecular flexibility index (Phi) is 17.4. The highest BCUT2D eigenvalue weighted by Crippen LogP contribution is 2.36. The van der Waals surface area contributed by atoms with Crippen LogP contribution in [0, 0.1) is 0 Å². The zero-order valence-electron chi connectivity index (χ0n) is 36.3. The zero-order valence-corrected chi connectivity index (χ0v) is 36.3. The van der Waals surface area contributed by atoms with Crippen LogP contribution in [0.15, 0.2) is 182 Å². The first-order valence-electron chi connectivity index (χ1n) is 22.3. The first kappa shape index (κ1) is 46.4. The van der Waals surface area contributed by atoms with Gasteiger partial charge in [-0.3, -0.25) is 0 Å². The number of hydrogen-bond donors (Lipinski definition) is 2. The van der Waals surface area contributed by atoms with E-state index in [1.807, 2.05) is 182 Å². The molecule has 6 aromatic carbocycles. The van der Waals surface area contributed by atoms with E-state index in [4.69, 9.17) is 42.6 Å². The third-order valence-electron chi connectivity index (χ3n) is 11.5. The van der Waals surface area contributed by atoms with Crippen molar-refractivity contribution < 1.29 is 52.8 Å². The molecule has 11 nitrogen and oxygen atoms in total. The molecule has 340 valence electrons. The van der Waals surface area contributed by atoms with Crippen molar-refractivity contribution >= 4 is 0 Å². The Bertz CT molecular complexity index is 2210. The molecule has 2 N–H and O–H groups in total. The molecule has 0 amide bonds. The Morgan fingerprint density at radius 3 is 1.09 bits per heavy atom. The summed E-state index contributed by atoms with van der Waals surface area (Å²) in [6, 6.07) is 59.0. The van der Waals surface area contributed by atoms with Gasteiger partial charge in [0, 0.05) is 0 Å². The number of benzene rings is 6. The largest absolute Gasteiger partial charge is 0.394 e. The van der Waals surface area contributed by atoms with Crippen molar-refractivity contribution in [2.24, 2.45) is 0 Å². The molecular weight excluding hydrogens is 825 g/mol. The maximum atomic E-state index is 11.5. The van der Waals surface area contributed by atoms with Gasteiger partial charge >= 0.3 is 0 Å². The maximum Gasteiger partial charge on any atom is 0.187 e. The van der Waals surface area contributed by atoms with Crippen molar-refractivity contribution in [2.75, 3.05) is 13.2 Å². The Morgan fingerprint density at radius 1 is 0.354 bits per heavy atom. The smallest absolute Gasteiger partial charge is 0.187 e. The number of rotatable bonds is 22. The third-order valence-corrected chi connectivity index (χ3v) is 11.5. The molecule has 2 fully saturated rings. The van der Waals surface area contributed by atoms with Crippen LogP contribution in [-0.4, -0.2) is 84.8 Å². The van der Waals surface area contributed by atoms with Crippen molar-refractivity contribution in [1.82, 2.24) is 0 Å². The van der Waals surface area contributed by atoms with Crippen molar-refractivity contribution in [1.29, 1.82) is 0 Å². The van der Waals surface area contributed by atoms with E-state index in [1.54, 1.807) is 0 Å². The summed E-state index contributed by atoms with van der Waals surface area (Å²) >= 11 is 0. The van der Waals surface area contributed by atoms with E-state index >= 15 is 0 Å². The monoisotopic (exact) mass is 882 g/mol. The summed E-state index contributed by atoms with van der Waals surface area (Å²) in [6.07, 6.45) is -9.81. The van der Waals surface area contributed by atoms with Gasteiger partial charge < -0.3 is 52.8 Å². The molecule has 0 spiro atoms. The summed E-state index contributed by atoms with van der Waals surface area (Å²) in [5.74, 6) is 0. The van der Waals surface area contributed by atoms with Gasteiger partial charge in [0.15, 0.2) is 12.6 Å². The number of aliphatic hydroxyl groups is 2. The number of hydrogen-bond acceptors (Lipinski definition) is 11. The predicted octanol–water partition coefficient (Wildman–Crippen LogP) is 7.95. The van der Waals surface area contributed by atoms with Crippen LogP contribution in [-0.2, 0) is 82.3 Å². The lowest BCUT2D eigenvalue weighted by Crippen LogP contribution is -2.66. The lowest BCUT2D eigenvalue weighted by atomic mass is 9.95. The Hall–Kier alpha value is -5.12. The fourth-order valence-electron chi connectivity index (χ4n) is 8.12. The number of ether oxygens (including phenoxy) is 9. The minimum absolute atomic E-state index is 0.116. The molecule has 6 aromatic rings. The van der Waals surface area contributed by atoms with Crippen LogP contribution < -0.4 is 0 Å². The first-order valence-corrected chi connectivity index (χ1v) is 22.3. The van der Waals surface area contributed by atoms with Gasteiger partial charge in [-0.1, -0.05) is 182 Å². The van der Waals surface area contributed by atoms with E-state index < -0.39 is 68.0 Å². The van der Waals surface area contributed by atoms with Gasteiger partial charge in [-0.05, 0) is 33.4 Å². The quantitative estimate of drug-likeness (QED) is 0.0691. The van der Waals surface area contributed by atoms with Crippen molar-refractivity contribution in [3.05, 3.63) is 215 Å². The summed E-state index contributed by atoms with van der Waals surface area (Å²) in [7, 11) is 0. The second-order valence-corrected chi connectivity index (χ2v) is 16.2. The zero-order chi connectivity index (χ0) is 44.5. The standard InChI is InChI=1S/C54H58O11/c55-31-45-48(50(60-35-42-25-13-4-14-26-42)51(53(56)63-45)61-36-43-27-15-5-16-28-43)65-54-52(62-37-44-29-17-6-18-30-44)49(59-34-41-23-11-3-12-24-41)47(58-33-40-21-9-2-10-22-40)46(64-54)38-57-32-39-19-7-1-8-20-39/h1-30,45-56H,31-38H2/t45-,46-,47+,48+,49+,50+,51-,52-,53-,54-/m1/s1. The molecule has 2 saturated heterocycles. The lowest BCUT2D eigenvalue weighted by Gasteiger charge is -2.49. The minimum Gasteiger partial charge on any atom is -0.394 e. The van der Waals surface area contributed by atoms with Crippen LogP contribution in [0.25, 0.3) is 0 Å². The minimum atomic E-state index is -1.45. The van der Waals surface area contributed by atoms with Crippen LogP contribution in [0.2, 0.25) is 0 Å². The fraction of sp³-hybridized carbons (Fsp3) is 0.333. The highest BCUT2D eigenvalue weighted by molar-refractivity contribution is 5.18. The topological polar surface area (TPSA) is 124 Å². The van der Waals surface area contributed by atoms with Crippen molar-refractivity contribution in [2.45, 2.75) is 101 Å². The molecule has 2 heterocycles. The SMILES string of the molecule is OC[C@H]1O[C@@H](O)[C@H](OCc2ccccc2)[C@@H](OCc2ccccc2)[C@H]1O[C@H]1O[C@H](COCc2ccccc2)[C@H](OCc2ccccc2)[C@H](OCc2ccccc2)[C@H]1OCc1ccccc1. The molecule has 0 saturated carbocycles. The third kappa shape index (κ3) is 13.3. The van der Waals surface area contributed by atoms with Gasteiger partial charge in [0.1, 0.15) is 48.8 Å². The van der Waals surface area contributed by atoms with Crippen LogP contribution in [0.1, 0.15) is 33.4 Å². The summed E-state index contributed by atoms with van der Waals surface area (Å²) < 4.78 is 60.5. The van der Waals surface area contributed by atoms with Crippen LogP contribution in [0.4, 0.5) is 0 Å². The highest BCUT2D eigenvalue weighted by atomic mass is 16.7. The lowest BCUT2D eigenvalue weighted by molar-refractivity contribution is -0.373.